The van der Waals surface area contributed by atoms with Gasteiger partial charge in [0.2, 0.25) is 0 Å². The van der Waals surface area contributed by atoms with Crippen LogP contribution in [0.1, 0.15) is 6.42 Å². The molecular weight excluding hydrogens is 232 g/mol. The topological polar surface area (TPSA) is 38.5 Å². The number of hydrogen-bond donors (Lipinski definition) is 1. The second kappa shape index (κ2) is 6.17. The molecule has 4 heteroatoms. The quantitative estimate of drug-likeness (QED) is 0.814. The Bertz CT molecular complexity index is 336. The standard InChI is InChI=1S/C13H20N2OS/c1-15(12-6-9-17-10-12)7-8-16-13-4-2-11(14)3-5-13/h2-5,12H,6-10,14H2,1H3. The molecule has 1 aliphatic heterocycles. The highest BCUT2D eigenvalue weighted by molar-refractivity contribution is 7.99. The molecule has 1 atom stereocenters. The second-order valence-corrected chi connectivity index (χ2v) is 5.57. The summed E-state index contributed by atoms with van der Waals surface area (Å²) >= 11 is 2.05. The number of likely N-dealkylation sites (N-methyl/N-ethyl adjacent to an activating group) is 1. The molecule has 3 nitrogen and oxygen atoms in total. The van der Waals surface area contributed by atoms with E-state index in [1.54, 1.807) is 0 Å². The molecule has 94 valence electrons. The number of hydrogen-bond acceptors (Lipinski definition) is 4. The van der Waals surface area contributed by atoms with Crippen molar-refractivity contribution in [2.45, 2.75) is 12.5 Å². The molecule has 0 aromatic heterocycles. The summed E-state index contributed by atoms with van der Waals surface area (Å²) in [5.41, 5.74) is 6.40. The summed E-state index contributed by atoms with van der Waals surface area (Å²) in [5, 5.41) is 0. The van der Waals surface area contributed by atoms with Crippen LogP contribution in [-0.2, 0) is 0 Å². The van der Waals surface area contributed by atoms with Gasteiger partial charge in [0.05, 0.1) is 0 Å². The fraction of sp³-hybridized carbons (Fsp3) is 0.538. The van der Waals surface area contributed by atoms with E-state index in [4.69, 9.17) is 10.5 Å². The average Bonchev–Trinajstić information content (AvgIpc) is 2.85. The lowest BCUT2D eigenvalue weighted by atomic mass is 10.2. The molecule has 0 bridgehead atoms. The van der Waals surface area contributed by atoms with Gasteiger partial charge in [-0.1, -0.05) is 0 Å². The number of ether oxygens (including phenoxy) is 1. The highest BCUT2D eigenvalue weighted by Gasteiger charge is 2.19. The van der Waals surface area contributed by atoms with Crippen molar-refractivity contribution in [2.24, 2.45) is 0 Å². The Morgan fingerprint density at radius 2 is 2.18 bits per heavy atom. The van der Waals surface area contributed by atoms with Crippen molar-refractivity contribution in [2.75, 3.05) is 37.4 Å². The molecule has 0 saturated carbocycles. The van der Waals surface area contributed by atoms with Crippen LogP contribution in [0.25, 0.3) is 0 Å². The Morgan fingerprint density at radius 3 is 2.82 bits per heavy atom. The Morgan fingerprint density at radius 1 is 1.41 bits per heavy atom. The van der Waals surface area contributed by atoms with E-state index in [1.165, 1.54) is 17.9 Å². The SMILES string of the molecule is CN(CCOc1ccc(N)cc1)C1CCSC1. The van der Waals surface area contributed by atoms with E-state index in [9.17, 15) is 0 Å². The molecule has 2 N–H and O–H groups in total. The summed E-state index contributed by atoms with van der Waals surface area (Å²) in [6.45, 7) is 1.72. The highest BCUT2D eigenvalue weighted by Crippen LogP contribution is 2.21. The van der Waals surface area contributed by atoms with Crippen LogP contribution in [0, 0.1) is 0 Å². The fourth-order valence-electron chi connectivity index (χ4n) is 1.92. The van der Waals surface area contributed by atoms with E-state index in [0.29, 0.717) is 0 Å². The molecule has 1 aromatic rings. The van der Waals surface area contributed by atoms with Crippen LogP contribution >= 0.6 is 11.8 Å². The van der Waals surface area contributed by atoms with E-state index in [-0.39, 0.29) is 0 Å². The van der Waals surface area contributed by atoms with Crippen molar-refractivity contribution in [3.8, 4) is 5.75 Å². The van der Waals surface area contributed by atoms with Crippen LogP contribution in [0.4, 0.5) is 5.69 Å². The molecular formula is C13H20N2OS. The maximum atomic E-state index is 5.69. The van der Waals surface area contributed by atoms with E-state index in [2.05, 4.69) is 11.9 Å². The third-order valence-electron chi connectivity index (χ3n) is 3.12. The van der Waals surface area contributed by atoms with Gasteiger partial charge in [0.15, 0.2) is 0 Å². The number of nitrogens with zero attached hydrogens (tertiary/aromatic N) is 1. The van der Waals surface area contributed by atoms with E-state index >= 15 is 0 Å². The van der Waals surface area contributed by atoms with Gasteiger partial charge < -0.3 is 10.5 Å². The predicted molar refractivity (Wildman–Crippen MR) is 74.7 cm³/mol. The molecule has 0 spiro atoms. The van der Waals surface area contributed by atoms with Gasteiger partial charge in [0, 0.05) is 24.0 Å². The molecule has 1 fully saturated rings. The van der Waals surface area contributed by atoms with Crippen LogP contribution in [0.15, 0.2) is 24.3 Å². The molecule has 17 heavy (non-hydrogen) atoms. The van der Waals surface area contributed by atoms with Gasteiger partial charge in [-0.15, -0.1) is 0 Å². The van der Waals surface area contributed by atoms with Gasteiger partial charge in [-0.3, -0.25) is 4.90 Å². The zero-order valence-electron chi connectivity index (χ0n) is 10.3. The van der Waals surface area contributed by atoms with Crippen molar-refractivity contribution >= 4 is 17.4 Å². The third-order valence-corrected chi connectivity index (χ3v) is 4.27. The average molecular weight is 252 g/mol. The molecule has 0 radical (unpaired) electrons. The van der Waals surface area contributed by atoms with Gasteiger partial charge in [0.25, 0.3) is 0 Å². The van der Waals surface area contributed by atoms with Gasteiger partial charge in [0.1, 0.15) is 12.4 Å². The van der Waals surface area contributed by atoms with Gasteiger partial charge in [-0.25, -0.2) is 0 Å². The van der Waals surface area contributed by atoms with Crippen molar-refractivity contribution in [1.82, 2.24) is 4.90 Å². The van der Waals surface area contributed by atoms with Crippen LogP contribution < -0.4 is 10.5 Å². The van der Waals surface area contributed by atoms with Crippen LogP contribution in [0.5, 0.6) is 5.75 Å². The first-order chi connectivity index (χ1) is 8.25. The number of rotatable bonds is 5. The number of anilines is 1. The van der Waals surface area contributed by atoms with Crippen LogP contribution in [0.2, 0.25) is 0 Å². The Hall–Kier alpha value is -0.870. The molecule has 1 unspecified atom stereocenters. The molecule has 0 amide bonds. The maximum Gasteiger partial charge on any atom is 0.119 e. The third kappa shape index (κ3) is 3.82. The lowest BCUT2D eigenvalue weighted by Gasteiger charge is -2.23. The Kier molecular flexibility index (Phi) is 4.57. The second-order valence-electron chi connectivity index (χ2n) is 4.42. The van der Waals surface area contributed by atoms with E-state index in [0.717, 1.165) is 30.6 Å². The summed E-state index contributed by atoms with van der Waals surface area (Å²) in [6.07, 6.45) is 1.31. The van der Waals surface area contributed by atoms with E-state index < -0.39 is 0 Å². The van der Waals surface area contributed by atoms with Crippen molar-refractivity contribution < 1.29 is 4.74 Å². The highest BCUT2D eigenvalue weighted by atomic mass is 32.2. The van der Waals surface area contributed by atoms with Crippen LogP contribution in [0.3, 0.4) is 0 Å². The molecule has 1 aliphatic rings. The summed E-state index contributed by atoms with van der Waals surface area (Å²) in [6, 6.07) is 8.30. The van der Waals surface area contributed by atoms with Crippen molar-refractivity contribution in [3.05, 3.63) is 24.3 Å². The first-order valence-corrected chi connectivity index (χ1v) is 7.17. The first kappa shape index (κ1) is 12.6. The molecule has 1 aromatic carbocycles. The number of nitrogen functional groups attached to an aromatic ring is 1. The zero-order chi connectivity index (χ0) is 12.1. The molecule has 1 saturated heterocycles. The predicted octanol–water partition coefficient (Wildman–Crippen LogP) is 2.08. The minimum atomic E-state index is 0.731. The van der Waals surface area contributed by atoms with Crippen molar-refractivity contribution in [3.63, 3.8) is 0 Å². The lowest BCUT2D eigenvalue weighted by molar-refractivity contribution is 0.202. The Balaban J connectivity index is 1.70. The zero-order valence-corrected chi connectivity index (χ0v) is 11.1. The lowest BCUT2D eigenvalue weighted by Crippen LogP contribution is -2.34. The number of thioether (sulfide) groups is 1. The number of nitrogens with two attached hydrogens (primary N) is 1. The van der Waals surface area contributed by atoms with Gasteiger partial charge in [-0.05, 0) is 43.5 Å². The maximum absolute atomic E-state index is 5.69. The summed E-state index contributed by atoms with van der Waals surface area (Å²) in [7, 11) is 2.18. The van der Waals surface area contributed by atoms with Gasteiger partial charge >= 0.3 is 0 Å². The van der Waals surface area contributed by atoms with E-state index in [1.807, 2.05) is 36.0 Å². The molecule has 0 aliphatic carbocycles. The normalized spacial score (nSPS) is 19.8. The smallest absolute Gasteiger partial charge is 0.119 e. The molecule has 2 rings (SSSR count). The monoisotopic (exact) mass is 252 g/mol. The number of benzene rings is 1. The fourth-order valence-corrected chi connectivity index (χ4v) is 3.22. The van der Waals surface area contributed by atoms with Crippen molar-refractivity contribution in [1.29, 1.82) is 0 Å². The summed E-state index contributed by atoms with van der Waals surface area (Å²) < 4.78 is 5.69. The van der Waals surface area contributed by atoms with Crippen LogP contribution in [-0.4, -0.2) is 42.6 Å². The molecule has 1 heterocycles. The van der Waals surface area contributed by atoms with Gasteiger partial charge in [-0.2, -0.15) is 11.8 Å². The minimum absolute atomic E-state index is 0.731. The largest absolute Gasteiger partial charge is 0.492 e. The summed E-state index contributed by atoms with van der Waals surface area (Å²) in [5.74, 6) is 3.46. The Labute approximate surface area is 107 Å². The minimum Gasteiger partial charge on any atom is -0.492 e. The first-order valence-electron chi connectivity index (χ1n) is 6.02. The summed E-state index contributed by atoms with van der Waals surface area (Å²) in [4.78, 5) is 2.40.